The summed E-state index contributed by atoms with van der Waals surface area (Å²) in [6.07, 6.45) is 4.55. The van der Waals surface area contributed by atoms with Crippen LogP contribution in [0.2, 0.25) is 0 Å². The first-order valence-electron chi connectivity index (χ1n) is 12.5. The molecule has 0 bridgehead atoms. The Kier molecular flexibility index (Phi) is 6.46. The summed E-state index contributed by atoms with van der Waals surface area (Å²) >= 11 is 0. The highest BCUT2D eigenvalue weighted by Gasteiger charge is 2.36. The maximum Gasteiger partial charge on any atom is 0.251 e. The Morgan fingerprint density at radius 2 is 1.79 bits per heavy atom. The molecule has 7 nitrogen and oxygen atoms in total. The fourth-order valence-corrected chi connectivity index (χ4v) is 4.77. The molecule has 2 unspecified atom stereocenters. The molecule has 0 radical (unpaired) electrons. The Bertz CT molecular complexity index is 1180. The lowest BCUT2D eigenvalue weighted by molar-refractivity contribution is -0.124. The molecule has 5 rings (SSSR count). The molecule has 1 N–H and O–H groups in total. The average molecular weight is 460 g/mol. The number of nitrogens with zero attached hydrogens (tertiary/aromatic N) is 4. The van der Waals surface area contributed by atoms with E-state index in [2.05, 4.69) is 10.2 Å². The van der Waals surface area contributed by atoms with E-state index in [-0.39, 0.29) is 23.7 Å². The predicted molar refractivity (Wildman–Crippen MR) is 132 cm³/mol. The van der Waals surface area contributed by atoms with Crippen LogP contribution in [0.15, 0.2) is 42.5 Å². The lowest BCUT2D eigenvalue weighted by Gasteiger charge is -2.15. The Morgan fingerprint density at radius 1 is 1.06 bits per heavy atom. The van der Waals surface area contributed by atoms with E-state index in [1.807, 2.05) is 60.8 Å². The van der Waals surface area contributed by atoms with E-state index in [1.54, 1.807) is 0 Å². The van der Waals surface area contributed by atoms with Crippen LogP contribution in [0.1, 0.15) is 61.6 Å². The molecule has 34 heavy (non-hydrogen) atoms. The SMILES string of the molecule is CC(C(=O)C1CC1)C(C)c1nc2cccc(-c3ccc(C(=O)NCCN4CCCC4)cc3)n2n1. The van der Waals surface area contributed by atoms with Crippen molar-refractivity contribution in [1.29, 1.82) is 0 Å². The third-order valence-electron chi connectivity index (χ3n) is 7.32. The van der Waals surface area contributed by atoms with Crippen molar-refractivity contribution in [3.8, 4) is 11.3 Å². The molecule has 7 heteroatoms. The summed E-state index contributed by atoms with van der Waals surface area (Å²) in [6, 6.07) is 13.5. The predicted octanol–water partition coefficient (Wildman–Crippen LogP) is 3.94. The number of nitrogens with one attached hydrogen (secondary N) is 1. The number of pyridine rings is 1. The minimum atomic E-state index is -0.0865. The molecule has 3 aromatic rings. The molecule has 1 amide bonds. The fraction of sp³-hybridized carbons (Fsp3) is 0.481. The smallest absolute Gasteiger partial charge is 0.251 e. The molecule has 1 saturated carbocycles. The lowest BCUT2D eigenvalue weighted by Crippen LogP contribution is -2.33. The van der Waals surface area contributed by atoms with Gasteiger partial charge in [0, 0.05) is 42.0 Å². The van der Waals surface area contributed by atoms with E-state index in [0.29, 0.717) is 23.7 Å². The highest BCUT2D eigenvalue weighted by Crippen LogP contribution is 2.36. The molecule has 2 aliphatic rings. The van der Waals surface area contributed by atoms with Crippen molar-refractivity contribution in [2.45, 2.75) is 45.4 Å². The first-order chi connectivity index (χ1) is 16.5. The van der Waals surface area contributed by atoms with Crippen molar-refractivity contribution in [3.05, 3.63) is 53.9 Å². The van der Waals surface area contributed by atoms with E-state index >= 15 is 0 Å². The second-order valence-corrected chi connectivity index (χ2v) is 9.79. The standard InChI is InChI=1S/C27H33N5O2/c1-18(25(33)21-10-11-21)19(2)26-29-24-7-5-6-23(32(24)30-26)20-8-12-22(13-9-20)27(34)28-14-17-31-15-3-4-16-31/h5-9,12-13,18-19,21H,3-4,10-11,14-17H2,1-2H3,(H,28,34). The van der Waals surface area contributed by atoms with Gasteiger partial charge in [-0.25, -0.2) is 9.50 Å². The molecule has 2 atom stereocenters. The van der Waals surface area contributed by atoms with E-state index in [1.165, 1.54) is 12.8 Å². The summed E-state index contributed by atoms with van der Waals surface area (Å²) < 4.78 is 1.84. The summed E-state index contributed by atoms with van der Waals surface area (Å²) in [4.78, 5) is 32.2. The number of hydrogen-bond donors (Lipinski definition) is 1. The number of rotatable bonds is 9. The number of ketones is 1. The van der Waals surface area contributed by atoms with Crippen LogP contribution in [-0.4, -0.2) is 57.4 Å². The van der Waals surface area contributed by atoms with Gasteiger partial charge in [-0.05, 0) is 63.0 Å². The minimum absolute atomic E-state index is 0.0347. The molecule has 178 valence electrons. The van der Waals surface area contributed by atoms with Gasteiger partial charge >= 0.3 is 0 Å². The summed E-state index contributed by atoms with van der Waals surface area (Å²) in [5.41, 5.74) is 3.28. The van der Waals surface area contributed by atoms with Crippen molar-refractivity contribution < 1.29 is 9.59 Å². The average Bonchev–Trinajstić information content (AvgIpc) is 3.40. The van der Waals surface area contributed by atoms with E-state index < -0.39 is 0 Å². The second kappa shape index (κ2) is 9.66. The number of aromatic nitrogens is 3. The quantitative estimate of drug-likeness (QED) is 0.524. The minimum Gasteiger partial charge on any atom is -0.351 e. The van der Waals surface area contributed by atoms with Crippen LogP contribution in [0.4, 0.5) is 0 Å². The fourth-order valence-electron chi connectivity index (χ4n) is 4.77. The van der Waals surface area contributed by atoms with Crippen molar-refractivity contribution in [2.75, 3.05) is 26.2 Å². The molecule has 1 aliphatic heterocycles. The maximum atomic E-state index is 12.5. The van der Waals surface area contributed by atoms with Gasteiger partial charge in [-0.2, -0.15) is 5.10 Å². The van der Waals surface area contributed by atoms with Crippen LogP contribution in [0, 0.1) is 11.8 Å². The second-order valence-electron chi connectivity index (χ2n) is 9.79. The summed E-state index contributed by atoms with van der Waals surface area (Å²) in [6.45, 7) is 7.87. The normalized spacial score (nSPS) is 18.2. The Morgan fingerprint density at radius 3 is 2.50 bits per heavy atom. The van der Waals surface area contributed by atoms with Crippen molar-refractivity contribution >= 4 is 17.3 Å². The zero-order valence-electron chi connectivity index (χ0n) is 20.0. The highest BCUT2D eigenvalue weighted by molar-refractivity contribution is 5.94. The van der Waals surface area contributed by atoms with Gasteiger partial charge < -0.3 is 10.2 Å². The maximum absolute atomic E-state index is 12.5. The third-order valence-corrected chi connectivity index (χ3v) is 7.32. The van der Waals surface area contributed by atoms with Gasteiger partial charge in [0.2, 0.25) is 0 Å². The van der Waals surface area contributed by atoms with E-state index in [4.69, 9.17) is 10.1 Å². The summed E-state index contributed by atoms with van der Waals surface area (Å²) in [5.74, 6) is 1.10. The lowest BCUT2D eigenvalue weighted by atomic mass is 9.89. The molecular weight excluding hydrogens is 426 g/mol. The molecule has 3 heterocycles. The molecule has 0 spiro atoms. The van der Waals surface area contributed by atoms with E-state index in [0.717, 1.165) is 49.4 Å². The largest absolute Gasteiger partial charge is 0.351 e. The number of Topliss-reactive ketones (excluding diaryl/α,β-unsaturated/α-hetero) is 1. The third kappa shape index (κ3) is 4.75. The van der Waals surface area contributed by atoms with Gasteiger partial charge in [0.1, 0.15) is 5.78 Å². The number of likely N-dealkylation sites (tertiary alicyclic amines) is 1. The van der Waals surface area contributed by atoms with Crippen LogP contribution in [-0.2, 0) is 4.79 Å². The van der Waals surface area contributed by atoms with Crippen molar-refractivity contribution in [3.63, 3.8) is 0 Å². The van der Waals surface area contributed by atoms with Crippen LogP contribution < -0.4 is 5.32 Å². The molecule has 1 aromatic carbocycles. The molecule has 2 fully saturated rings. The van der Waals surface area contributed by atoms with Crippen LogP contribution in [0.5, 0.6) is 0 Å². The number of benzene rings is 1. The van der Waals surface area contributed by atoms with Crippen molar-refractivity contribution in [2.24, 2.45) is 11.8 Å². The number of fused-ring (bicyclic) bond motifs is 1. The van der Waals surface area contributed by atoms with Gasteiger partial charge in [-0.3, -0.25) is 9.59 Å². The van der Waals surface area contributed by atoms with E-state index in [9.17, 15) is 9.59 Å². The first-order valence-corrected chi connectivity index (χ1v) is 12.5. The Labute approximate surface area is 200 Å². The van der Waals surface area contributed by atoms with Gasteiger partial charge in [-0.15, -0.1) is 0 Å². The number of carbonyl (C=O) groups excluding carboxylic acids is 2. The molecule has 1 saturated heterocycles. The number of hydrogen-bond acceptors (Lipinski definition) is 5. The Hall–Kier alpha value is -3.06. The first kappa shape index (κ1) is 22.7. The monoisotopic (exact) mass is 459 g/mol. The van der Waals surface area contributed by atoms with Crippen LogP contribution in [0.25, 0.3) is 16.9 Å². The van der Waals surface area contributed by atoms with Gasteiger partial charge in [0.25, 0.3) is 5.91 Å². The van der Waals surface area contributed by atoms with Crippen LogP contribution >= 0.6 is 0 Å². The topological polar surface area (TPSA) is 79.6 Å². The zero-order valence-corrected chi connectivity index (χ0v) is 20.0. The van der Waals surface area contributed by atoms with Gasteiger partial charge in [-0.1, -0.05) is 32.0 Å². The zero-order chi connectivity index (χ0) is 23.7. The molecule has 1 aliphatic carbocycles. The number of carbonyl (C=O) groups is 2. The number of amides is 1. The molecular formula is C27H33N5O2. The Balaban J connectivity index is 1.29. The van der Waals surface area contributed by atoms with Gasteiger partial charge in [0.05, 0.1) is 5.69 Å². The van der Waals surface area contributed by atoms with Gasteiger partial charge in [0.15, 0.2) is 11.5 Å². The van der Waals surface area contributed by atoms with Crippen LogP contribution in [0.3, 0.4) is 0 Å². The van der Waals surface area contributed by atoms with Crippen molar-refractivity contribution in [1.82, 2.24) is 24.8 Å². The highest BCUT2D eigenvalue weighted by atomic mass is 16.1. The molecule has 2 aromatic heterocycles. The summed E-state index contributed by atoms with van der Waals surface area (Å²) in [5, 5.41) is 7.80. The summed E-state index contributed by atoms with van der Waals surface area (Å²) in [7, 11) is 0.